The van der Waals surface area contributed by atoms with Crippen molar-refractivity contribution in [3.63, 3.8) is 0 Å². The van der Waals surface area contributed by atoms with Gasteiger partial charge in [0.15, 0.2) is 0 Å². The van der Waals surface area contributed by atoms with Gasteiger partial charge in [-0.1, -0.05) is 30.3 Å². The number of aromatic carboxylic acids is 1. The Balaban J connectivity index is 1.02. The van der Waals surface area contributed by atoms with E-state index >= 15 is 0 Å². The maximum Gasteiger partial charge on any atom is 0.336 e. The monoisotopic (exact) mass is 884 g/mol. The summed E-state index contributed by atoms with van der Waals surface area (Å²) in [7, 11) is 1.59. The molecule has 4 aromatic rings. The zero-order valence-corrected chi connectivity index (χ0v) is 35.3. The molecule has 4 aliphatic rings. The number of hydrogen-bond acceptors (Lipinski definition) is 11. The minimum absolute atomic E-state index is 0.0539. The largest absolute Gasteiger partial charge is 0.488 e. The highest BCUT2D eigenvalue weighted by molar-refractivity contribution is 6.08. The summed E-state index contributed by atoms with van der Waals surface area (Å²) in [5.74, 6) is -3.73. The first kappa shape index (κ1) is 43.6. The second kappa shape index (κ2) is 18.7. The van der Waals surface area contributed by atoms with E-state index in [2.05, 4.69) is 9.89 Å². The number of nitrogens with one attached hydrogen (secondary N) is 1. The van der Waals surface area contributed by atoms with Crippen LogP contribution >= 0.6 is 0 Å². The summed E-state index contributed by atoms with van der Waals surface area (Å²) in [6.45, 7) is 0.887. The van der Waals surface area contributed by atoms with Crippen LogP contribution in [0.25, 0.3) is 33.4 Å². The fourth-order valence-electron chi connectivity index (χ4n) is 8.20. The molecule has 0 bridgehead atoms. The number of rotatable bonds is 18. The molecule has 2 saturated heterocycles. The first-order valence-corrected chi connectivity index (χ1v) is 20.9. The number of nitrogens with zero attached hydrogens (tertiary/aromatic N) is 4. The van der Waals surface area contributed by atoms with Crippen molar-refractivity contribution < 1.29 is 58.3 Å². The van der Waals surface area contributed by atoms with Crippen LogP contribution in [0.15, 0.2) is 108 Å². The van der Waals surface area contributed by atoms with Gasteiger partial charge in [0.2, 0.25) is 11.3 Å². The van der Waals surface area contributed by atoms with E-state index in [1.807, 2.05) is 47.4 Å². The third-order valence-corrected chi connectivity index (χ3v) is 11.5. The molecule has 17 nitrogen and oxygen atoms in total. The van der Waals surface area contributed by atoms with E-state index in [9.17, 15) is 44.4 Å². The number of carbonyl (C=O) groups excluding carboxylic acids is 1. The Morgan fingerprint density at radius 3 is 2.14 bits per heavy atom. The lowest BCUT2D eigenvalue weighted by Gasteiger charge is -2.41. The van der Waals surface area contributed by atoms with Crippen molar-refractivity contribution in [2.24, 2.45) is 0 Å². The Kier molecular flexibility index (Phi) is 12.5. The zero-order chi connectivity index (χ0) is 45.8. The second-order valence-electron chi connectivity index (χ2n) is 15.8. The first-order chi connectivity index (χ1) is 31.3. The van der Waals surface area contributed by atoms with Crippen molar-refractivity contribution in [1.29, 1.82) is 0 Å². The number of carboxylic acids is 4. The van der Waals surface area contributed by atoms with Crippen molar-refractivity contribution in [2.45, 2.75) is 18.9 Å². The Morgan fingerprint density at radius 1 is 0.754 bits per heavy atom. The highest BCUT2D eigenvalue weighted by atomic mass is 16.5. The SMILES string of the molecule is CN(CC(=O)O)c1ccc(NC(=O)C2CCN2c2ccc3c(-c4ccccc4C(=O)O)c4ccc(=[N+]5CCC5)cc-4oc3c2)cc1OCCOc1ccccc1N(CC(=O)O)CC(=O)O. The van der Waals surface area contributed by atoms with Gasteiger partial charge in [0, 0.05) is 59.7 Å². The smallest absolute Gasteiger partial charge is 0.336 e. The van der Waals surface area contributed by atoms with Gasteiger partial charge in [0.05, 0.1) is 29.4 Å². The van der Waals surface area contributed by atoms with Gasteiger partial charge in [0.25, 0.3) is 0 Å². The molecule has 3 heterocycles. The molecule has 334 valence electrons. The van der Waals surface area contributed by atoms with E-state index in [1.165, 1.54) is 4.90 Å². The number of likely N-dealkylation sites (N-methyl/N-ethyl adjacent to an activating group) is 1. The maximum absolute atomic E-state index is 13.9. The number of ether oxygens (including phenoxy) is 2. The zero-order valence-electron chi connectivity index (χ0n) is 35.3. The molecule has 0 saturated carbocycles. The van der Waals surface area contributed by atoms with Crippen LogP contribution in [0.5, 0.6) is 11.5 Å². The number of hydrogen-bond donors (Lipinski definition) is 5. The Labute approximate surface area is 371 Å². The minimum Gasteiger partial charge on any atom is -0.488 e. The van der Waals surface area contributed by atoms with E-state index in [4.69, 9.17) is 13.9 Å². The summed E-state index contributed by atoms with van der Waals surface area (Å²) in [4.78, 5) is 65.6. The summed E-state index contributed by atoms with van der Waals surface area (Å²) in [6, 6.07) is 29.4. The molecule has 1 aliphatic carbocycles. The number of benzene rings is 5. The molecule has 17 heteroatoms. The second-order valence-corrected chi connectivity index (χ2v) is 15.8. The lowest BCUT2D eigenvalue weighted by atomic mass is 9.90. The molecule has 0 aromatic heterocycles. The number of aliphatic carboxylic acids is 3. The molecule has 65 heavy (non-hydrogen) atoms. The summed E-state index contributed by atoms with van der Waals surface area (Å²) in [5.41, 5.74) is 4.62. The number of fused-ring (bicyclic) bond motifs is 2. The van der Waals surface area contributed by atoms with Gasteiger partial charge in [0.1, 0.15) is 74.8 Å². The molecule has 1 atom stereocenters. The van der Waals surface area contributed by atoms with Crippen molar-refractivity contribution >= 4 is 63.5 Å². The Hall–Kier alpha value is -8.08. The molecule has 1 unspecified atom stereocenters. The minimum atomic E-state index is -1.22. The van der Waals surface area contributed by atoms with Crippen LogP contribution in [-0.2, 0) is 19.2 Å². The number of para-hydroxylation sites is 2. The van der Waals surface area contributed by atoms with Gasteiger partial charge in [-0.2, -0.15) is 0 Å². The molecule has 1 amide bonds. The average molecular weight is 885 g/mol. The van der Waals surface area contributed by atoms with E-state index in [0.717, 1.165) is 52.0 Å². The highest BCUT2D eigenvalue weighted by Gasteiger charge is 2.35. The van der Waals surface area contributed by atoms with E-state index in [0.29, 0.717) is 41.2 Å². The summed E-state index contributed by atoms with van der Waals surface area (Å²) in [6.07, 6.45) is 1.67. The molecule has 4 aromatic carbocycles. The summed E-state index contributed by atoms with van der Waals surface area (Å²) in [5, 5.41) is 43.2. The van der Waals surface area contributed by atoms with Gasteiger partial charge in [-0.05, 0) is 60.5 Å². The number of carboxylic acid groups (broad SMARTS) is 4. The fraction of sp³-hybridized carbons (Fsp3) is 0.250. The molecule has 5 N–H and O–H groups in total. The van der Waals surface area contributed by atoms with Gasteiger partial charge < -0.3 is 54.3 Å². The molecular formula is C48H46N5O12+. The third kappa shape index (κ3) is 9.49. The Bertz CT molecular complexity index is 2850. The third-order valence-electron chi connectivity index (χ3n) is 11.5. The Morgan fingerprint density at radius 2 is 1.46 bits per heavy atom. The predicted molar refractivity (Wildman–Crippen MR) is 241 cm³/mol. The molecular weight excluding hydrogens is 839 g/mol. The molecule has 0 spiro atoms. The average Bonchev–Trinajstić information content (AvgIpc) is 3.22. The van der Waals surface area contributed by atoms with Crippen molar-refractivity contribution in [1.82, 2.24) is 4.58 Å². The van der Waals surface area contributed by atoms with Crippen molar-refractivity contribution in [3.05, 3.63) is 114 Å². The first-order valence-electron chi connectivity index (χ1n) is 20.9. The predicted octanol–water partition coefficient (Wildman–Crippen LogP) is 5.25. The van der Waals surface area contributed by atoms with Crippen LogP contribution in [0.3, 0.4) is 0 Å². The van der Waals surface area contributed by atoms with Crippen LogP contribution < -0.4 is 39.4 Å². The van der Waals surface area contributed by atoms with Crippen LogP contribution in [-0.4, -0.2) is 116 Å². The standard InChI is InChI=1S/C48H45N5O12/c1-50(26-43(54)55)36-16-11-29(23-42(36)64-22-21-63-39-10-5-4-9-37(39)52(27-44(56)57)28-45(58)59)49-47(60)38-17-20-53(38)31-13-15-35-41(25-31)65-40-24-30(51-18-6-19-51)12-14-34(40)46(35)32-7-2-3-8-33(32)48(61)62/h2-5,7-16,23-25,38H,6,17-22,26-28H2,1H3,(H4-,49,54,55,56,57,58,59,60,61,62)/p+1. The van der Waals surface area contributed by atoms with Gasteiger partial charge in [-0.3, -0.25) is 19.2 Å². The fourth-order valence-corrected chi connectivity index (χ4v) is 8.20. The van der Waals surface area contributed by atoms with Gasteiger partial charge in [-0.25, -0.2) is 9.37 Å². The van der Waals surface area contributed by atoms with E-state index < -0.39 is 43.0 Å². The number of amides is 1. The van der Waals surface area contributed by atoms with Crippen LogP contribution in [0.2, 0.25) is 0 Å². The van der Waals surface area contributed by atoms with E-state index in [-0.39, 0.29) is 48.4 Å². The normalized spacial score (nSPS) is 14.3. The van der Waals surface area contributed by atoms with Crippen LogP contribution in [0, 0.1) is 0 Å². The molecule has 2 fully saturated rings. The van der Waals surface area contributed by atoms with Crippen LogP contribution in [0.1, 0.15) is 23.2 Å². The molecule has 8 rings (SSSR count). The van der Waals surface area contributed by atoms with E-state index in [1.54, 1.807) is 67.7 Å². The lowest BCUT2D eigenvalue weighted by Crippen LogP contribution is -2.54. The summed E-state index contributed by atoms with van der Waals surface area (Å²) < 4.78 is 20.9. The highest BCUT2D eigenvalue weighted by Crippen LogP contribution is 2.43. The maximum atomic E-state index is 13.9. The molecule has 3 aliphatic heterocycles. The van der Waals surface area contributed by atoms with Crippen LogP contribution in [0.4, 0.5) is 22.7 Å². The van der Waals surface area contributed by atoms with Crippen molar-refractivity contribution in [2.75, 3.05) is 79.5 Å². The number of anilines is 4. The van der Waals surface area contributed by atoms with Crippen molar-refractivity contribution in [3.8, 4) is 33.9 Å². The topological polar surface area (TPSA) is 223 Å². The lowest BCUT2D eigenvalue weighted by molar-refractivity contribution is -0.137. The quantitative estimate of drug-likeness (QED) is 0.0423. The summed E-state index contributed by atoms with van der Waals surface area (Å²) >= 11 is 0. The van der Waals surface area contributed by atoms with Gasteiger partial charge in [-0.15, -0.1) is 0 Å². The van der Waals surface area contributed by atoms with Gasteiger partial charge >= 0.3 is 23.9 Å². The number of carbonyl (C=O) groups is 5. The molecule has 0 radical (unpaired) electrons.